The Hall–Kier alpha value is -2.48. The number of hydrogen-bond acceptors (Lipinski definition) is 6. The zero-order chi connectivity index (χ0) is 20.5. The van der Waals surface area contributed by atoms with E-state index in [-0.39, 0.29) is 12.0 Å². The average Bonchev–Trinajstić information content (AvgIpc) is 2.77. The third-order valence-corrected chi connectivity index (χ3v) is 4.99. The lowest BCUT2D eigenvalue weighted by Gasteiger charge is -2.35. The summed E-state index contributed by atoms with van der Waals surface area (Å²) in [6.07, 6.45) is 3.59. The smallest absolute Gasteiger partial charge is 0.254 e. The van der Waals surface area contributed by atoms with Gasteiger partial charge < -0.3 is 19.1 Å². The lowest BCUT2D eigenvalue weighted by Crippen LogP contribution is -2.49. The normalized spacial score (nSPS) is 17.1. The molecule has 0 aliphatic carbocycles. The minimum absolute atomic E-state index is 0.0282. The Morgan fingerprint density at radius 2 is 1.97 bits per heavy atom. The van der Waals surface area contributed by atoms with Gasteiger partial charge in [-0.05, 0) is 42.0 Å². The number of aromatic nitrogens is 1. The second-order valence-electron chi connectivity index (χ2n) is 7.06. The molecule has 1 aliphatic rings. The fourth-order valence-electron chi connectivity index (χ4n) is 3.42. The van der Waals surface area contributed by atoms with Crippen molar-refractivity contribution >= 4 is 5.91 Å². The van der Waals surface area contributed by atoms with Gasteiger partial charge >= 0.3 is 0 Å². The summed E-state index contributed by atoms with van der Waals surface area (Å²) in [5, 5.41) is 0. The van der Waals surface area contributed by atoms with Crippen LogP contribution in [0.3, 0.4) is 0 Å². The SMILES string of the molecule is COCCN(CC1CN(Cc2ccncc2)CCO1)C(=O)c1ccc(OC)cc1. The van der Waals surface area contributed by atoms with Crippen molar-refractivity contribution in [3.63, 3.8) is 0 Å². The predicted octanol–water partition coefficient (Wildman–Crippen LogP) is 2.08. The Bertz CT molecular complexity index is 754. The molecule has 0 N–H and O–H groups in total. The highest BCUT2D eigenvalue weighted by Crippen LogP contribution is 2.15. The number of methoxy groups -OCH3 is 2. The molecule has 29 heavy (non-hydrogen) atoms. The van der Waals surface area contributed by atoms with Crippen molar-refractivity contribution < 1.29 is 19.0 Å². The first-order chi connectivity index (χ1) is 14.2. The van der Waals surface area contributed by atoms with E-state index in [2.05, 4.69) is 9.88 Å². The molecule has 1 atom stereocenters. The first-order valence-electron chi connectivity index (χ1n) is 9.84. The van der Waals surface area contributed by atoms with Crippen LogP contribution >= 0.6 is 0 Å². The Kier molecular flexibility index (Phi) is 7.98. The summed E-state index contributed by atoms with van der Waals surface area (Å²) in [7, 11) is 3.25. The highest BCUT2D eigenvalue weighted by molar-refractivity contribution is 5.94. The number of carbonyl (C=O) groups excluding carboxylic acids is 1. The van der Waals surface area contributed by atoms with Crippen molar-refractivity contribution in [2.75, 3.05) is 53.6 Å². The molecule has 7 nitrogen and oxygen atoms in total. The molecule has 156 valence electrons. The Labute approximate surface area is 172 Å². The predicted molar refractivity (Wildman–Crippen MR) is 110 cm³/mol. The van der Waals surface area contributed by atoms with Crippen LogP contribution in [0.15, 0.2) is 48.8 Å². The highest BCUT2D eigenvalue weighted by atomic mass is 16.5. The van der Waals surface area contributed by atoms with E-state index in [4.69, 9.17) is 14.2 Å². The second-order valence-corrected chi connectivity index (χ2v) is 7.06. The maximum absolute atomic E-state index is 13.1. The standard InChI is InChI=1S/C22H29N3O4/c1-27-13-12-25(22(26)19-3-5-20(28-2)6-4-19)17-21-16-24(11-14-29-21)15-18-7-9-23-10-8-18/h3-10,21H,11-17H2,1-2H3. The van der Waals surface area contributed by atoms with Crippen LogP contribution in [0.5, 0.6) is 5.75 Å². The first-order valence-corrected chi connectivity index (χ1v) is 9.84. The Morgan fingerprint density at radius 3 is 2.66 bits per heavy atom. The number of amides is 1. The average molecular weight is 399 g/mol. The minimum Gasteiger partial charge on any atom is -0.497 e. The zero-order valence-corrected chi connectivity index (χ0v) is 17.1. The molecule has 7 heteroatoms. The number of benzene rings is 1. The van der Waals surface area contributed by atoms with Gasteiger partial charge in [-0.25, -0.2) is 0 Å². The van der Waals surface area contributed by atoms with Crippen LogP contribution in [0.1, 0.15) is 15.9 Å². The molecular weight excluding hydrogens is 370 g/mol. The van der Waals surface area contributed by atoms with Gasteiger partial charge in [0.05, 0.1) is 26.4 Å². The molecule has 3 rings (SSSR count). The number of nitrogens with zero attached hydrogens (tertiary/aromatic N) is 3. The van der Waals surface area contributed by atoms with Gasteiger partial charge in [0, 0.05) is 57.8 Å². The molecule has 1 aliphatic heterocycles. The number of pyridine rings is 1. The molecule has 2 aromatic rings. The number of carbonyl (C=O) groups is 1. The van der Waals surface area contributed by atoms with Gasteiger partial charge in [0.15, 0.2) is 0 Å². The van der Waals surface area contributed by atoms with Gasteiger partial charge in [-0.15, -0.1) is 0 Å². The van der Waals surface area contributed by atoms with Crippen molar-refractivity contribution in [1.29, 1.82) is 0 Å². The van der Waals surface area contributed by atoms with Gasteiger partial charge in [0.2, 0.25) is 0 Å². The lowest BCUT2D eigenvalue weighted by molar-refractivity contribution is -0.0444. The van der Waals surface area contributed by atoms with Gasteiger partial charge in [-0.1, -0.05) is 0 Å². The molecule has 0 bridgehead atoms. The molecule has 1 aromatic heterocycles. The first kappa shape index (κ1) is 21.2. The van der Waals surface area contributed by atoms with Gasteiger partial charge in [0.1, 0.15) is 5.75 Å². The molecule has 1 amide bonds. The van der Waals surface area contributed by atoms with Crippen LogP contribution in [-0.4, -0.2) is 80.4 Å². The summed E-state index contributed by atoms with van der Waals surface area (Å²) in [4.78, 5) is 21.3. The number of morpholine rings is 1. The summed E-state index contributed by atoms with van der Waals surface area (Å²) in [5.74, 6) is 0.701. The van der Waals surface area contributed by atoms with E-state index in [0.29, 0.717) is 31.9 Å². The number of rotatable bonds is 9. The van der Waals surface area contributed by atoms with Crippen LogP contribution in [-0.2, 0) is 16.0 Å². The van der Waals surface area contributed by atoms with E-state index in [1.54, 1.807) is 38.5 Å². The summed E-state index contributed by atoms with van der Waals surface area (Å²) in [6.45, 7) is 4.70. The van der Waals surface area contributed by atoms with E-state index >= 15 is 0 Å². The van der Waals surface area contributed by atoms with Crippen LogP contribution in [0, 0.1) is 0 Å². The van der Waals surface area contributed by atoms with Crippen LogP contribution in [0.2, 0.25) is 0 Å². The molecular formula is C22H29N3O4. The molecule has 1 fully saturated rings. The summed E-state index contributed by atoms with van der Waals surface area (Å²) >= 11 is 0. The third kappa shape index (κ3) is 6.25. The fraction of sp³-hybridized carbons (Fsp3) is 0.455. The van der Waals surface area contributed by atoms with Crippen molar-refractivity contribution in [2.45, 2.75) is 12.6 Å². The number of ether oxygens (including phenoxy) is 3. The van der Waals surface area contributed by atoms with E-state index in [1.807, 2.05) is 29.4 Å². The lowest BCUT2D eigenvalue weighted by atomic mass is 10.1. The topological polar surface area (TPSA) is 64.1 Å². The quantitative estimate of drug-likeness (QED) is 0.643. The monoisotopic (exact) mass is 399 g/mol. The largest absolute Gasteiger partial charge is 0.497 e. The molecule has 2 heterocycles. The fourth-order valence-corrected chi connectivity index (χ4v) is 3.42. The molecule has 1 aromatic carbocycles. The van der Waals surface area contributed by atoms with Crippen molar-refractivity contribution in [1.82, 2.24) is 14.8 Å². The van der Waals surface area contributed by atoms with Gasteiger partial charge in [0.25, 0.3) is 5.91 Å². The van der Waals surface area contributed by atoms with E-state index in [9.17, 15) is 4.79 Å². The van der Waals surface area contributed by atoms with Gasteiger partial charge in [-0.3, -0.25) is 14.7 Å². The zero-order valence-electron chi connectivity index (χ0n) is 17.1. The Balaban J connectivity index is 1.62. The summed E-state index contributed by atoms with van der Waals surface area (Å²) in [5.41, 5.74) is 1.86. The highest BCUT2D eigenvalue weighted by Gasteiger charge is 2.25. The van der Waals surface area contributed by atoms with Gasteiger partial charge in [-0.2, -0.15) is 0 Å². The molecule has 0 radical (unpaired) electrons. The van der Waals surface area contributed by atoms with Crippen molar-refractivity contribution in [2.24, 2.45) is 0 Å². The van der Waals surface area contributed by atoms with E-state index in [0.717, 1.165) is 25.4 Å². The Morgan fingerprint density at radius 1 is 1.21 bits per heavy atom. The summed E-state index contributed by atoms with van der Waals surface area (Å²) < 4.78 is 16.4. The molecule has 0 saturated carbocycles. The van der Waals surface area contributed by atoms with Crippen LogP contribution < -0.4 is 4.74 Å². The third-order valence-electron chi connectivity index (χ3n) is 4.99. The van der Waals surface area contributed by atoms with Crippen LogP contribution in [0.25, 0.3) is 0 Å². The van der Waals surface area contributed by atoms with Crippen molar-refractivity contribution in [3.8, 4) is 5.75 Å². The second kappa shape index (κ2) is 10.9. The minimum atomic E-state index is -0.0374. The van der Waals surface area contributed by atoms with Crippen LogP contribution in [0.4, 0.5) is 0 Å². The summed E-state index contributed by atoms with van der Waals surface area (Å²) in [6, 6.07) is 11.2. The molecule has 0 spiro atoms. The van der Waals surface area contributed by atoms with E-state index in [1.165, 1.54) is 5.56 Å². The van der Waals surface area contributed by atoms with Crippen molar-refractivity contribution in [3.05, 3.63) is 59.9 Å². The molecule has 1 saturated heterocycles. The number of hydrogen-bond donors (Lipinski definition) is 0. The molecule has 1 unspecified atom stereocenters. The maximum atomic E-state index is 13.1. The van der Waals surface area contributed by atoms with E-state index < -0.39 is 0 Å². The maximum Gasteiger partial charge on any atom is 0.254 e.